The fourth-order valence-corrected chi connectivity index (χ4v) is 2.92. The average molecular weight is 456 g/mol. The first-order valence-electron chi connectivity index (χ1n) is 7.70. The Bertz CT molecular complexity index is 1140. The molecule has 0 aromatic heterocycles. The van der Waals surface area contributed by atoms with Crippen LogP contribution in [0, 0.1) is 40.5 Å². The molecular formula is C14H8N4O14. The van der Waals surface area contributed by atoms with Crippen molar-refractivity contribution in [1.82, 2.24) is 0 Å². The van der Waals surface area contributed by atoms with Gasteiger partial charge in [-0.3, -0.25) is 45.3 Å². The van der Waals surface area contributed by atoms with Crippen LogP contribution in [0.2, 0.25) is 0 Å². The van der Waals surface area contributed by atoms with Crippen molar-refractivity contribution in [2.24, 2.45) is 0 Å². The fourth-order valence-electron chi connectivity index (χ4n) is 2.92. The van der Waals surface area contributed by atoms with Gasteiger partial charge in [0, 0.05) is 0 Å². The number of hydrogen-bond acceptors (Lipinski definition) is 13. The lowest BCUT2D eigenvalue weighted by Crippen LogP contribution is -2.19. The van der Waals surface area contributed by atoms with E-state index in [1.807, 2.05) is 0 Å². The summed E-state index contributed by atoms with van der Waals surface area (Å²) in [5.41, 5.74) is -9.84. The molecule has 0 aliphatic carbocycles. The lowest BCUT2D eigenvalue weighted by atomic mass is 9.85. The molecule has 168 valence electrons. The van der Waals surface area contributed by atoms with Crippen molar-refractivity contribution in [1.29, 1.82) is 0 Å². The first-order chi connectivity index (χ1) is 14.7. The SMILES string of the molecule is O=C(O)C(c1c([N+](=O)[O-])cc(O)c(O)c1[N+](=O)[O-])c1c([N+](=O)[O-])cc(O)c(O)c1[N+](=O)[O-]. The summed E-state index contributed by atoms with van der Waals surface area (Å²) in [6.07, 6.45) is 0. The number of phenols is 4. The number of rotatable bonds is 7. The Morgan fingerprint density at radius 2 is 1.00 bits per heavy atom. The smallest absolute Gasteiger partial charge is 0.325 e. The molecule has 0 amide bonds. The second-order valence-corrected chi connectivity index (χ2v) is 5.85. The summed E-state index contributed by atoms with van der Waals surface area (Å²) in [7, 11) is 0. The topological polar surface area (TPSA) is 291 Å². The third-order valence-electron chi connectivity index (χ3n) is 4.13. The van der Waals surface area contributed by atoms with E-state index >= 15 is 0 Å². The molecular weight excluding hydrogens is 448 g/mol. The van der Waals surface area contributed by atoms with E-state index in [0.717, 1.165) is 0 Å². The highest BCUT2D eigenvalue weighted by atomic mass is 16.6. The first kappa shape index (κ1) is 23.0. The van der Waals surface area contributed by atoms with Gasteiger partial charge in [0.25, 0.3) is 11.4 Å². The second-order valence-electron chi connectivity index (χ2n) is 5.85. The molecule has 0 bridgehead atoms. The number of benzene rings is 2. The van der Waals surface area contributed by atoms with Gasteiger partial charge in [-0.25, -0.2) is 0 Å². The highest BCUT2D eigenvalue weighted by molar-refractivity contribution is 5.90. The number of carboxylic acids is 1. The van der Waals surface area contributed by atoms with Crippen LogP contribution in [0.4, 0.5) is 22.7 Å². The molecule has 18 heteroatoms. The van der Waals surface area contributed by atoms with Gasteiger partial charge in [-0.1, -0.05) is 0 Å². The number of hydrogen-bond donors (Lipinski definition) is 5. The van der Waals surface area contributed by atoms with Crippen molar-refractivity contribution in [3.05, 3.63) is 63.7 Å². The minimum absolute atomic E-state index is 0.0888. The summed E-state index contributed by atoms with van der Waals surface area (Å²) in [6, 6.07) is 0.178. The number of nitro groups is 4. The summed E-state index contributed by atoms with van der Waals surface area (Å²) < 4.78 is 0. The van der Waals surface area contributed by atoms with Crippen molar-refractivity contribution < 1.29 is 50.0 Å². The van der Waals surface area contributed by atoms with E-state index < -0.39 is 88.5 Å². The quantitative estimate of drug-likeness (QED) is 0.223. The number of phenolic OH excluding ortho intramolecular Hbond substituents is 4. The number of aliphatic carboxylic acids is 1. The van der Waals surface area contributed by atoms with E-state index in [4.69, 9.17) is 0 Å². The molecule has 0 atom stereocenters. The lowest BCUT2D eigenvalue weighted by molar-refractivity contribution is -0.398. The molecule has 0 heterocycles. The summed E-state index contributed by atoms with van der Waals surface area (Å²) in [4.78, 5) is 51.7. The van der Waals surface area contributed by atoms with Gasteiger partial charge in [0.1, 0.15) is 17.0 Å². The van der Waals surface area contributed by atoms with Gasteiger partial charge in [-0.05, 0) is 0 Å². The zero-order chi connectivity index (χ0) is 24.7. The van der Waals surface area contributed by atoms with Crippen molar-refractivity contribution in [3.8, 4) is 23.0 Å². The van der Waals surface area contributed by atoms with E-state index in [2.05, 4.69) is 0 Å². The van der Waals surface area contributed by atoms with Gasteiger partial charge >= 0.3 is 17.3 Å². The molecule has 0 saturated carbocycles. The van der Waals surface area contributed by atoms with Crippen LogP contribution in [-0.2, 0) is 4.79 Å². The number of nitrogens with zero attached hydrogens (tertiary/aromatic N) is 4. The maximum atomic E-state index is 12.0. The summed E-state index contributed by atoms with van der Waals surface area (Å²) in [6.45, 7) is 0. The number of aromatic hydroxyl groups is 4. The molecule has 0 aliphatic rings. The monoisotopic (exact) mass is 456 g/mol. The van der Waals surface area contributed by atoms with Crippen LogP contribution in [0.5, 0.6) is 23.0 Å². The van der Waals surface area contributed by atoms with Crippen LogP contribution in [0.1, 0.15) is 17.0 Å². The van der Waals surface area contributed by atoms with Gasteiger partial charge in [-0.2, -0.15) is 0 Å². The van der Waals surface area contributed by atoms with E-state index in [-0.39, 0.29) is 12.1 Å². The molecule has 2 aromatic rings. The molecule has 32 heavy (non-hydrogen) atoms. The normalized spacial score (nSPS) is 10.7. The Balaban J connectivity index is 3.26. The third kappa shape index (κ3) is 3.53. The van der Waals surface area contributed by atoms with Gasteiger partial charge in [0.15, 0.2) is 11.5 Å². The number of nitro benzene ring substituents is 4. The van der Waals surface area contributed by atoms with Crippen LogP contribution in [0.25, 0.3) is 0 Å². The minimum atomic E-state index is -2.98. The maximum absolute atomic E-state index is 12.0. The second kappa shape index (κ2) is 7.85. The van der Waals surface area contributed by atoms with Crippen LogP contribution in [-0.4, -0.2) is 51.2 Å². The molecule has 0 fully saturated rings. The highest BCUT2D eigenvalue weighted by Crippen LogP contribution is 2.53. The molecule has 5 N–H and O–H groups in total. The van der Waals surface area contributed by atoms with Crippen LogP contribution in [0.15, 0.2) is 12.1 Å². The average Bonchev–Trinajstić information content (AvgIpc) is 2.65. The Hall–Kier alpha value is -5.29. The molecule has 0 saturated heterocycles. The summed E-state index contributed by atoms with van der Waals surface area (Å²) in [5.74, 6) is -11.5. The zero-order valence-electron chi connectivity index (χ0n) is 14.9. The van der Waals surface area contributed by atoms with Gasteiger partial charge < -0.3 is 25.5 Å². The van der Waals surface area contributed by atoms with Gasteiger partial charge in [0.05, 0.1) is 31.8 Å². The predicted octanol–water partition coefficient (Wildman–Crippen LogP) is 1.36. The maximum Gasteiger partial charge on any atom is 0.325 e. The highest BCUT2D eigenvalue weighted by Gasteiger charge is 2.48. The lowest BCUT2D eigenvalue weighted by Gasteiger charge is -2.16. The Morgan fingerprint density at radius 3 is 1.22 bits per heavy atom. The minimum Gasteiger partial charge on any atom is -0.504 e. The van der Waals surface area contributed by atoms with E-state index in [0.29, 0.717) is 0 Å². The van der Waals surface area contributed by atoms with Crippen molar-refractivity contribution in [3.63, 3.8) is 0 Å². The van der Waals surface area contributed by atoms with Crippen molar-refractivity contribution >= 4 is 28.7 Å². The molecule has 0 radical (unpaired) electrons. The molecule has 0 aliphatic heterocycles. The van der Waals surface area contributed by atoms with Gasteiger partial charge in [-0.15, -0.1) is 0 Å². The van der Waals surface area contributed by atoms with Crippen LogP contribution in [0.3, 0.4) is 0 Å². The summed E-state index contributed by atoms with van der Waals surface area (Å²) in [5, 5.41) is 94.2. The van der Waals surface area contributed by atoms with E-state index in [9.17, 15) is 70.8 Å². The fraction of sp³-hybridized carbons (Fsp3) is 0.0714. The zero-order valence-corrected chi connectivity index (χ0v) is 14.9. The summed E-state index contributed by atoms with van der Waals surface area (Å²) >= 11 is 0. The Morgan fingerprint density at radius 1 is 0.688 bits per heavy atom. The van der Waals surface area contributed by atoms with Crippen LogP contribution < -0.4 is 0 Å². The molecule has 2 rings (SSSR count). The first-order valence-corrected chi connectivity index (χ1v) is 7.70. The molecule has 18 nitrogen and oxygen atoms in total. The van der Waals surface area contributed by atoms with Gasteiger partial charge in [0.2, 0.25) is 11.5 Å². The molecule has 2 aromatic carbocycles. The van der Waals surface area contributed by atoms with E-state index in [1.165, 1.54) is 0 Å². The number of carbonyl (C=O) groups is 1. The third-order valence-corrected chi connectivity index (χ3v) is 4.13. The van der Waals surface area contributed by atoms with Crippen molar-refractivity contribution in [2.75, 3.05) is 0 Å². The Labute approximate surface area is 172 Å². The van der Waals surface area contributed by atoms with Crippen molar-refractivity contribution in [2.45, 2.75) is 5.92 Å². The number of carboxylic acid groups (broad SMARTS) is 1. The predicted molar refractivity (Wildman–Crippen MR) is 95.6 cm³/mol. The largest absolute Gasteiger partial charge is 0.504 e. The van der Waals surface area contributed by atoms with Crippen LogP contribution >= 0.6 is 0 Å². The standard InChI is InChI=1S/C14H8N4O14/c19-5-1-3(15(25)26)7(10(12(5)21)17(29)30)9(14(23)24)8-4(16(27)28)2-6(20)13(22)11(8)18(31)32/h1-2,9,19-22H,(H,23,24). The van der Waals surface area contributed by atoms with E-state index in [1.54, 1.807) is 0 Å². The molecule has 0 spiro atoms. The Kier molecular flexibility index (Phi) is 5.64. The molecule has 0 unspecified atom stereocenters.